The first-order valence-corrected chi connectivity index (χ1v) is 6.65. The Hall–Kier alpha value is -1.07. The predicted molar refractivity (Wildman–Crippen MR) is 70.7 cm³/mol. The summed E-state index contributed by atoms with van der Waals surface area (Å²) in [5.41, 5.74) is 0. The molecule has 2 atom stereocenters. The van der Waals surface area contributed by atoms with Crippen molar-refractivity contribution in [3.63, 3.8) is 0 Å². The molecule has 0 saturated carbocycles. The van der Waals surface area contributed by atoms with Gasteiger partial charge >= 0.3 is 0 Å². The van der Waals surface area contributed by atoms with Crippen LogP contribution in [0.1, 0.15) is 19.8 Å². The normalized spacial score (nSPS) is 21.1. The number of anilines is 1. The molecule has 0 aromatic carbocycles. The minimum absolute atomic E-state index is 0.399. The molecular weight excluding hydrogens is 230 g/mol. The summed E-state index contributed by atoms with van der Waals surface area (Å²) in [7, 11) is 1.73. The molecule has 2 unspecified atom stereocenters. The van der Waals surface area contributed by atoms with Gasteiger partial charge in [-0.15, -0.1) is 0 Å². The van der Waals surface area contributed by atoms with Crippen LogP contribution in [-0.2, 0) is 16.0 Å². The maximum absolute atomic E-state index is 5.42. The average molecular weight is 253 g/mol. The van der Waals surface area contributed by atoms with Crippen LogP contribution in [-0.4, -0.2) is 42.5 Å². The molecule has 1 N–H and O–H groups in total. The lowest BCUT2D eigenvalue weighted by molar-refractivity contribution is 0.183. The number of rotatable bonds is 7. The summed E-state index contributed by atoms with van der Waals surface area (Å²) in [5.74, 6) is 1.54. The summed E-state index contributed by atoms with van der Waals surface area (Å²) in [6.45, 7) is 5.67. The number of imidazole rings is 1. The van der Waals surface area contributed by atoms with E-state index in [0.717, 1.165) is 45.2 Å². The fourth-order valence-corrected chi connectivity index (χ4v) is 2.28. The van der Waals surface area contributed by atoms with Crippen molar-refractivity contribution in [2.75, 3.05) is 32.2 Å². The predicted octanol–water partition coefficient (Wildman–Crippen LogP) is 1.76. The molecule has 1 saturated heterocycles. The van der Waals surface area contributed by atoms with Gasteiger partial charge in [-0.05, 0) is 19.8 Å². The zero-order chi connectivity index (χ0) is 12.8. The summed E-state index contributed by atoms with van der Waals surface area (Å²) in [4.78, 5) is 4.38. The number of aryl methyl sites for hydroxylation is 1. The lowest BCUT2D eigenvalue weighted by Gasteiger charge is -2.20. The lowest BCUT2D eigenvalue weighted by Crippen LogP contribution is -2.27. The van der Waals surface area contributed by atoms with Gasteiger partial charge in [0.05, 0.1) is 6.61 Å². The Kier molecular flexibility index (Phi) is 5.01. The van der Waals surface area contributed by atoms with E-state index in [0.29, 0.717) is 12.0 Å². The number of nitrogens with one attached hydrogen (secondary N) is 1. The quantitative estimate of drug-likeness (QED) is 0.752. The van der Waals surface area contributed by atoms with Crippen molar-refractivity contribution in [2.24, 2.45) is 5.92 Å². The molecule has 1 aliphatic rings. The van der Waals surface area contributed by atoms with Gasteiger partial charge in [0.25, 0.3) is 0 Å². The Morgan fingerprint density at radius 1 is 1.67 bits per heavy atom. The van der Waals surface area contributed by atoms with Gasteiger partial charge in [0.15, 0.2) is 0 Å². The van der Waals surface area contributed by atoms with Crippen LogP contribution in [0.4, 0.5) is 5.95 Å². The van der Waals surface area contributed by atoms with Crippen LogP contribution in [0, 0.1) is 5.92 Å². The van der Waals surface area contributed by atoms with Gasteiger partial charge in [-0.2, -0.15) is 0 Å². The highest BCUT2D eigenvalue weighted by atomic mass is 16.5. The van der Waals surface area contributed by atoms with E-state index in [9.17, 15) is 0 Å². The van der Waals surface area contributed by atoms with E-state index < -0.39 is 0 Å². The van der Waals surface area contributed by atoms with Crippen LogP contribution in [0.3, 0.4) is 0 Å². The second-order valence-electron chi connectivity index (χ2n) is 4.85. The van der Waals surface area contributed by atoms with Crippen LogP contribution in [0.15, 0.2) is 12.4 Å². The van der Waals surface area contributed by atoms with Crippen molar-refractivity contribution < 1.29 is 9.47 Å². The third-order valence-electron chi connectivity index (χ3n) is 3.49. The molecule has 1 aliphatic heterocycles. The summed E-state index contributed by atoms with van der Waals surface area (Å²) in [5, 5.41) is 3.49. The van der Waals surface area contributed by atoms with E-state index in [2.05, 4.69) is 21.8 Å². The third-order valence-corrected chi connectivity index (χ3v) is 3.49. The van der Waals surface area contributed by atoms with Crippen LogP contribution in [0.2, 0.25) is 0 Å². The van der Waals surface area contributed by atoms with Crippen LogP contribution in [0.25, 0.3) is 0 Å². The maximum atomic E-state index is 5.42. The van der Waals surface area contributed by atoms with Crippen LogP contribution < -0.4 is 5.32 Å². The standard InChI is InChI=1S/C13H23N3O2/c1-11(12-4-9-18-10-12)15-13-14-5-7-16(13)6-3-8-17-2/h5,7,11-12H,3-4,6,8-10H2,1-2H3,(H,14,15). The zero-order valence-electron chi connectivity index (χ0n) is 11.3. The minimum Gasteiger partial charge on any atom is -0.385 e. The van der Waals surface area contributed by atoms with E-state index in [-0.39, 0.29) is 0 Å². The summed E-state index contributed by atoms with van der Waals surface area (Å²) in [6.07, 6.45) is 5.99. The van der Waals surface area contributed by atoms with E-state index in [1.54, 1.807) is 7.11 Å². The van der Waals surface area contributed by atoms with Crippen molar-refractivity contribution >= 4 is 5.95 Å². The topological polar surface area (TPSA) is 48.3 Å². The summed E-state index contributed by atoms with van der Waals surface area (Å²) < 4.78 is 12.6. The smallest absolute Gasteiger partial charge is 0.202 e. The molecule has 1 aromatic heterocycles. The highest BCUT2D eigenvalue weighted by Crippen LogP contribution is 2.19. The van der Waals surface area contributed by atoms with Gasteiger partial charge in [0.1, 0.15) is 0 Å². The fraction of sp³-hybridized carbons (Fsp3) is 0.769. The van der Waals surface area contributed by atoms with Gasteiger partial charge in [0.2, 0.25) is 5.95 Å². The Labute approximate surface area is 108 Å². The van der Waals surface area contributed by atoms with Crippen molar-refractivity contribution in [1.29, 1.82) is 0 Å². The molecule has 0 aliphatic carbocycles. The molecule has 0 radical (unpaired) electrons. The second kappa shape index (κ2) is 6.75. The second-order valence-corrected chi connectivity index (χ2v) is 4.85. The van der Waals surface area contributed by atoms with Crippen LogP contribution in [0.5, 0.6) is 0 Å². The van der Waals surface area contributed by atoms with Gasteiger partial charge in [-0.25, -0.2) is 4.98 Å². The zero-order valence-corrected chi connectivity index (χ0v) is 11.3. The number of hydrogen-bond donors (Lipinski definition) is 1. The number of aromatic nitrogens is 2. The van der Waals surface area contributed by atoms with Crippen molar-refractivity contribution in [3.05, 3.63) is 12.4 Å². The van der Waals surface area contributed by atoms with E-state index in [4.69, 9.17) is 9.47 Å². The van der Waals surface area contributed by atoms with Gasteiger partial charge in [0, 0.05) is 51.2 Å². The molecule has 2 rings (SSSR count). The van der Waals surface area contributed by atoms with E-state index in [1.165, 1.54) is 0 Å². The molecule has 5 heteroatoms. The Morgan fingerprint density at radius 3 is 3.28 bits per heavy atom. The van der Waals surface area contributed by atoms with E-state index >= 15 is 0 Å². The Morgan fingerprint density at radius 2 is 2.56 bits per heavy atom. The molecule has 1 fully saturated rings. The highest BCUT2D eigenvalue weighted by molar-refractivity contribution is 5.27. The molecule has 5 nitrogen and oxygen atoms in total. The van der Waals surface area contributed by atoms with Crippen molar-refractivity contribution in [2.45, 2.75) is 32.4 Å². The summed E-state index contributed by atoms with van der Waals surface area (Å²) >= 11 is 0. The van der Waals surface area contributed by atoms with Gasteiger partial charge in [-0.1, -0.05) is 0 Å². The largest absolute Gasteiger partial charge is 0.385 e. The van der Waals surface area contributed by atoms with Gasteiger partial charge in [-0.3, -0.25) is 0 Å². The van der Waals surface area contributed by atoms with Crippen LogP contribution >= 0.6 is 0 Å². The van der Waals surface area contributed by atoms with Crippen molar-refractivity contribution in [1.82, 2.24) is 9.55 Å². The molecule has 102 valence electrons. The monoisotopic (exact) mass is 253 g/mol. The van der Waals surface area contributed by atoms with Crippen molar-refractivity contribution in [3.8, 4) is 0 Å². The number of hydrogen-bond acceptors (Lipinski definition) is 4. The molecule has 0 spiro atoms. The first-order valence-electron chi connectivity index (χ1n) is 6.65. The maximum Gasteiger partial charge on any atom is 0.202 e. The third kappa shape index (κ3) is 3.46. The molecule has 2 heterocycles. The number of nitrogens with zero attached hydrogens (tertiary/aromatic N) is 2. The Balaban J connectivity index is 1.86. The highest BCUT2D eigenvalue weighted by Gasteiger charge is 2.23. The first-order chi connectivity index (χ1) is 8.81. The minimum atomic E-state index is 0.399. The number of ether oxygens (including phenoxy) is 2. The average Bonchev–Trinajstić information content (AvgIpc) is 3.01. The van der Waals surface area contributed by atoms with E-state index in [1.807, 2.05) is 12.4 Å². The SMILES string of the molecule is COCCCn1ccnc1NC(C)C1CCOC1. The fourth-order valence-electron chi connectivity index (χ4n) is 2.28. The summed E-state index contributed by atoms with van der Waals surface area (Å²) in [6, 6.07) is 0.399. The molecule has 18 heavy (non-hydrogen) atoms. The molecule has 0 amide bonds. The molecular formula is C13H23N3O2. The Bertz CT molecular complexity index is 348. The molecule has 1 aromatic rings. The molecule has 0 bridgehead atoms. The number of methoxy groups -OCH3 is 1. The lowest BCUT2D eigenvalue weighted by atomic mass is 10.0. The van der Waals surface area contributed by atoms with Gasteiger partial charge < -0.3 is 19.4 Å². The first kappa shape index (κ1) is 13.4.